The number of aromatic amines is 1. The number of aromatic nitrogens is 2. The number of hydrogen-bond acceptors (Lipinski definition) is 3. The summed E-state index contributed by atoms with van der Waals surface area (Å²) in [5, 5.41) is 3.68. The highest BCUT2D eigenvalue weighted by atomic mass is 35.5. The molecule has 1 heterocycles. The minimum Gasteiger partial charge on any atom is -0.482 e. The first kappa shape index (κ1) is 15.7. The lowest BCUT2D eigenvalue weighted by Gasteiger charge is -2.08. The van der Waals surface area contributed by atoms with Gasteiger partial charge in [0.05, 0.1) is 5.02 Å². The fourth-order valence-electron chi connectivity index (χ4n) is 1.70. The summed E-state index contributed by atoms with van der Waals surface area (Å²) in [5.74, 6) is 1.15. The summed E-state index contributed by atoms with van der Waals surface area (Å²) < 4.78 is 5.34. The molecule has 0 atom stereocenters. The number of nitrogens with zero attached hydrogens (tertiary/aromatic N) is 1. The number of carbonyl (C=O) groups excluding carboxylic acids is 1. The van der Waals surface area contributed by atoms with Crippen molar-refractivity contribution >= 4 is 29.1 Å². The smallest absolute Gasteiger partial charge is 0.257 e. The third-order valence-electron chi connectivity index (χ3n) is 2.72. The van der Waals surface area contributed by atoms with E-state index in [4.69, 9.17) is 27.9 Å². The van der Waals surface area contributed by atoms with Gasteiger partial charge in [0.25, 0.3) is 5.91 Å². The molecule has 21 heavy (non-hydrogen) atoms. The summed E-state index contributed by atoms with van der Waals surface area (Å²) in [6.45, 7) is 0.485. The van der Waals surface area contributed by atoms with Gasteiger partial charge in [0.1, 0.15) is 11.6 Å². The number of hydrogen-bond donors (Lipinski definition) is 2. The molecule has 2 rings (SSSR count). The van der Waals surface area contributed by atoms with Crippen LogP contribution in [0.15, 0.2) is 30.6 Å². The van der Waals surface area contributed by atoms with Crippen molar-refractivity contribution in [2.75, 3.05) is 13.2 Å². The van der Waals surface area contributed by atoms with E-state index in [9.17, 15) is 4.79 Å². The Labute approximate surface area is 132 Å². The molecule has 0 radical (unpaired) electrons. The molecule has 0 spiro atoms. The molecular formula is C14H15Cl2N3O2. The van der Waals surface area contributed by atoms with E-state index < -0.39 is 0 Å². The second kappa shape index (κ2) is 7.90. The number of H-pyrrole nitrogens is 1. The van der Waals surface area contributed by atoms with Crippen molar-refractivity contribution in [1.82, 2.24) is 15.3 Å². The Kier molecular flexibility index (Phi) is 5.90. The van der Waals surface area contributed by atoms with E-state index in [1.165, 1.54) is 0 Å². The summed E-state index contributed by atoms with van der Waals surface area (Å²) in [6.07, 6.45) is 5.08. The molecule has 1 aromatic heterocycles. The molecule has 0 saturated carbocycles. The molecule has 0 aliphatic rings. The topological polar surface area (TPSA) is 67.0 Å². The zero-order valence-electron chi connectivity index (χ0n) is 11.2. The molecule has 0 aliphatic carbocycles. The highest BCUT2D eigenvalue weighted by molar-refractivity contribution is 6.35. The average molecular weight is 328 g/mol. The van der Waals surface area contributed by atoms with Gasteiger partial charge in [-0.2, -0.15) is 0 Å². The molecule has 2 N–H and O–H groups in total. The fraction of sp³-hybridized carbons (Fsp3) is 0.286. The monoisotopic (exact) mass is 327 g/mol. The molecule has 0 unspecified atom stereocenters. The van der Waals surface area contributed by atoms with E-state index in [2.05, 4.69) is 15.3 Å². The summed E-state index contributed by atoms with van der Waals surface area (Å²) in [4.78, 5) is 18.7. The maximum atomic E-state index is 11.6. The fourth-order valence-corrected chi connectivity index (χ4v) is 2.17. The second-order valence-electron chi connectivity index (χ2n) is 4.35. The zero-order chi connectivity index (χ0) is 15.1. The van der Waals surface area contributed by atoms with Gasteiger partial charge in [-0.25, -0.2) is 4.98 Å². The molecule has 112 valence electrons. The first-order valence-electron chi connectivity index (χ1n) is 6.48. The van der Waals surface area contributed by atoms with Crippen molar-refractivity contribution in [2.45, 2.75) is 12.8 Å². The van der Waals surface area contributed by atoms with Gasteiger partial charge < -0.3 is 15.0 Å². The summed E-state index contributed by atoms with van der Waals surface area (Å²) in [7, 11) is 0. The van der Waals surface area contributed by atoms with Crippen LogP contribution in [-0.4, -0.2) is 29.0 Å². The molecule has 1 amide bonds. The lowest BCUT2D eigenvalue weighted by Crippen LogP contribution is -2.30. The number of carbonyl (C=O) groups is 1. The predicted octanol–water partition coefficient (Wildman–Crippen LogP) is 2.84. The molecule has 2 aromatic rings. The van der Waals surface area contributed by atoms with Crippen LogP contribution in [0.25, 0.3) is 0 Å². The highest BCUT2D eigenvalue weighted by Crippen LogP contribution is 2.27. The van der Waals surface area contributed by atoms with Crippen molar-refractivity contribution in [3.05, 3.63) is 46.5 Å². The van der Waals surface area contributed by atoms with E-state index in [0.29, 0.717) is 22.3 Å². The van der Waals surface area contributed by atoms with Gasteiger partial charge in [0, 0.05) is 30.4 Å². The van der Waals surface area contributed by atoms with Crippen LogP contribution in [-0.2, 0) is 11.2 Å². The first-order chi connectivity index (χ1) is 10.1. The van der Waals surface area contributed by atoms with Crippen molar-refractivity contribution in [1.29, 1.82) is 0 Å². The van der Waals surface area contributed by atoms with Crippen LogP contribution in [0.3, 0.4) is 0 Å². The van der Waals surface area contributed by atoms with Gasteiger partial charge in [-0.05, 0) is 24.6 Å². The standard InChI is InChI=1S/C14H15Cl2N3O2/c15-10-3-4-12(11(16)8-10)21-9-14(20)19-5-1-2-13-17-6-7-18-13/h3-4,6-8H,1-2,5,9H2,(H,17,18)(H,19,20). The molecule has 7 heteroatoms. The highest BCUT2D eigenvalue weighted by Gasteiger charge is 2.06. The largest absolute Gasteiger partial charge is 0.482 e. The van der Waals surface area contributed by atoms with E-state index in [1.807, 2.05) is 0 Å². The van der Waals surface area contributed by atoms with Crippen LogP contribution in [0, 0.1) is 0 Å². The SMILES string of the molecule is O=C(COc1ccc(Cl)cc1Cl)NCCCc1ncc[nH]1. The van der Waals surface area contributed by atoms with E-state index >= 15 is 0 Å². The average Bonchev–Trinajstić information content (AvgIpc) is 2.96. The van der Waals surface area contributed by atoms with Crippen molar-refractivity contribution in [3.8, 4) is 5.75 Å². The number of amides is 1. The van der Waals surface area contributed by atoms with Crippen molar-refractivity contribution in [2.24, 2.45) is 0 Å². The molecule has 0 fully saturated rings. The van der Waals surface area contributed by atoms with Crippen molar-refractivity contribution < 1.29 is 9.53 Å². The van der Waals surface area contributed by atoms with Crippen LogP contribution in [0.1, 0.15) is 12.2 Å². The zero-order valence-corrected chi connectivity index (χ0v) is 12.7. The summed E-state index contributed by atoms with van der Waals surface area (Å²) >= 11 is 11.7. The Hall–Kier alpha value is -1.72. The third-order valence-corrected chi connectivity index (χ3v) is 3.25. The number of nitrogens with one attached hydrogen (secondary N) is 2. The van der Waals surface area contributed by atoms with Crippen LogP contribution >= 0.6 is 23.2 Å². The van der Waals surface area contributed by atoms with E-state index in [1.54, 1.807) is 30.6 Å². The lowest BCUT2D eigenvalue weighted by atomic mass is 10.3. The number of imidazole rings is 1. The number of ether oxygens (including phenoxy) is 1. The van der Waals surface area contributed by atoms with Crippen LogP contribution in [0.2, 0.25) is 10.0 Å². The second-order valence-corrected chi connectivity index (χ2v) is 5.20. The summed E-state index contributed by atoms with van der Waals surface area (Å²) in [6, 6.07) is 4.86. The van der Waals surface area contributed by atoms with Gasteiger partial charge in [-0.1, -0.05) is 23.2 Å². The van der Waals surface area contributed by atoms with E-state index in [0.717, 1.165) is 18.7 Å². The quantitative estimate of drug-likeness (QED) is 0.768. The number of benzene rings is 1. The van der Waals surface area contributed by atoms with Gasteiger partial charge in [0.2, 0.25) is 0 Å². The first-order valence-corrected chi connectivity index (χ1v) is 7.23. The van der Waals surface area contributed by atoms with Crippen LogP contribution in [0.4, 0.5) is 0 Å². The van der Waals surface area contributed by atoms with Gasteiger partial charge >= 0.3 is 0 Å². The minimum absolute atomic E-state index is 0.0812. The van der Waals surface area contributed by atoms with Crippen LogP contribution in [0.5, 0.6) is 5.75 Å². The van der Waals surface area contributed by atoms with Crippen LogP contribution < -0.4 is 10.1 Å². The normalized spacial score (nSPS) is 10.4. The molecular weight excluding hydrogens is 313 g/mol. The molecule has 5 nitrogen and oxygen atoms in total. The van der Waals surface area contributed by atoms with Crippen molar-refractivity contribution in [3.63, 3.8) is 0 Å². The molecule has 0 saturated heterocycles. The number of aryl methyl sites for hydroxylation is 1. The Morgan fingerprint density at radius 1 is 1.38 bits per heavy atom. The maximum absolute atomic E-state index is 11.6. The molecule has 0 bridgehead atoms. The van der Waals surface area contributed by atoms with Gasteiger partial charge in [0.15, 0.2) is 6.61 Å². The Bertz CT molecular complexity index is 588. The van der Waals surface area contributed by atoms with Gasteiger partial charge in [-0.15, -0.1) is 0 Å². The van der Waals surface area contributed by atoms with E-state index in [-0.39, 0.29) is 12.5 Å². The third kappa shape index (κ3) is 5.28. The Balaban J connectivity index is 1.65. The Morgan fingerprint density at radius 2 is 2.24 bits per heavy atom. The number of rotatable bonds is 7. The van der Waals surface area contributed by atoms with Gasteiger partial charge in [-0.3, -0.25) is 4.79 Å². The minimum atomic E-state index is -0.194. The summed E-state index contributed by atoms with van der Waals surface area (Å²) in [5.41, 5.74) is 0. The lowest BCUT2D eigenvalue weighted by molar-refractivity contribution is -0.123. The number of halogens is 2. The molecule has 1 aromatic carbocycles. The maximum Gasteiger partial charge on any atom is 0.257 e. The predicted molar refractivity (Wildman–Crippen MR) is 81.9 cm³/mol. The Morgan fingerprint density at radius 3 is 2.95 bits per heavy atom. The molecule has 0 aliphatic heterocycles.